The third kappa shape index (κ3) is 5.59. The molecule has 1 aromatic rings. The number of allylic oxidation sites excluding steroid dienone is 5. The van der Waals surface area contributed by atoms with Crippen LogP contribution in [0.1, 0.15) is 39.7 Å². The van der Waals surface area contributed by atoms with E-state index in [4.69, 9.17) is 4.74 Å². The monoisotopic (exact) mass is 413 g/mol. The number of nitrogens with zero attached hydrogens (tertiary/aromatic N) is 3. The molecule has 1 aromatic carbocycles. The Hall–Kier alpha value is -2.89. The minimum Gasteiger partial charge on any atom is -0.453 e. The number of aliphatic imine (C=N–C) groups is 1. The lowest BCUT2D eigenvalue weighted by Crippen LogP contribution is -2.48. The molecule has 1 heterocycles. The van der Waals surface area contributed by atoms with E-state index in [2.05, 4.69) is 16.8 Å². The molecule has 0 aromatic heterocycles. The van der Waals surface area contributed by atoms with Crippen molar-refractivity contribution in [2.75, 3.05) is 33.3 Å². The van der Waals surface area contributed by atoms with Gasteiger partial charge in [0.25, 0.3) is 0 Å². The van der Waals surface area contributed by atoms with Crippen molar-refractivity contribution in [3.05, 3.63) is 65.3 Å². The number of ether oxygens (including phenoxy) is 1. The molecule has 0 aliphatic carbocycles. The largest absolute Gasteiger partial charge is 0.453 e. The number of halogens is 1. The zero-order valence-electron chi connectivity index (χ0n) is 18.6. The third-order valence-corrected chi connectivity index (χ3v) is 5.24. The Bertz CT molecular complexity index is 863. The Morgan fingerprint density at radius 1 is 1.17 bits per heavy atom. The predicted molar refractivity (Wildman–Crippen MR) is 121 cm³/mol. The average molecular weight is 414 g/mol. The van der Waals surface area contributed by atoms with Crippen molar-refractivity contribution < 1.29 is 13.9 Å². The number of piperazine rings is 1. The maximum atomic E-state index is 14.7. The van der Waals surface area contributed by atoms with Gasteiger partial charge in [0, 0.05) is 54.9 Å². The van der Waals surface area contributed by atoms with E-state index >= 15 is 0 Å². The number of hydrogen-bond acceptors (Lipinski definition) is 4. The molecule has 1 amide bonds. The van der Waals surface area contributed by atoms with Crippen LogP contribution in [0, 0.1) is 5.82 Å². The zero-order valence-corrected chi connectivity index (χ0v) is 18.6. The normalized spacial score (nSPS) is 16.7. The van der Waals surface area contributed by atoms with Gasteiger partial charge in [-0.3, -0.25) is 4.99 Å². The number of amides is 1. The van der Waals surface area contributed by atoms with E-state index in [-0.39, 0.29) is 11.9 Å². The van der Waals surface area contributed by atoms with Gasteiger partial charge in [-0.25, -0.2) is 9.18 Å². The molecule has 0 unspecified atom stereocenters. The number of methoxy groups -OCH3 is 1. The molecule has 2 rings (SSSR count). The van der Waals surface area contributed by atoms with Crippen LogP contribution in [0.3, 0.4) is 0 Å². The van der Waals surface area contributed by atoms with Gasteiger partial charge in [0.1, 0.15) is 5.82 Å². The van der Waals surface area contributed by atoms with Gasteiger partial charge in [-0.05, 0) is 38.8 Å². The second kappa shape index (κ2) is 11.3. The lowest BCUT2D eigenvalue weighted by atomic mass is 9.92. The van der Waals surface area contributed by atoms with Crippen LogP contribution >= 0.6 is 0 Å². The first-order chi connectivity index (χ1) is 14.4. The van der Waals surface area contributed by atoms with Crippen molar-refractivity contribution in [2.45, 2.75) is 34.1 Å². The topological polar surface area (TPSA) is 45.1 Å². The van der Waals surface area contributed by atoms with Crippen LogP contribution in [-0.2, 0) is 4.74 Å². The quantitative estimate of drug-likeness (QED) is 0.471. The smallest absolute Gasteiger partial charge is 0.409 e. The molecule has 6 heteroatoms. The van der Waals surface area contributed by atoms with E-state index in [1.807, 2.05) is 39.0 Å². The van der Waals surface area contributed by atoms with E-state index in [1.54, 1.807) is 23.2 Å². The van der Waals surface area contributed by atoms with Gasteiger partial charge in [0.15, 0.2) is 0 Å². The van der Waals surface area contributed by atoms with Gasteiger partial charge in [-0.2, -0.15) is 0 Å². The van der Waals surface area contributed by atoms with Gasteiger partial charge in [-0.15, -0.1) is 0 Å². The lowest BCUT2D eigenvalue weighted by molar-refractivity contribution is 0.0997. The van der Waals surface area contributed by atoms with Crippen LogP contribution in [0.5, 0.6) is 0 Å². The summed E-state index contributed by atoms with van der Waals surface area (Å²) < 4.78 is 19.5. The van der Waals surface area contributed by atoms with Crippen LogP contribution in [0.15, 0.2) is 58.9 Å². The average Bonchev–Trinajstić information content (AvgIpc) is 2.77. The van der Waals surface area contributed by atoms with Crippen molar-refractivity contribution in [1.82, 2.24) is 9.80 Å². The molecule has 0 atom stereocenters. The molecule has 1 fully saturated rings. The number of benzene rings is 1. The lowest BCUT2D eigenvalue weighted by Gasteiger charge is -2.37. The molecule has 0 N–H and O–H groups in total. The first-order valence-electron chi connectivity index (χ1n) is 10.3. The Balaban J connectivity index is 2.48. The Kier molecular flexibility index (Phi) is 8.84. The summed E-state index contributed by atoms with van der Waals surface area (Å²) >= 11 is 0. The maximum absolute atomic E-state index is 14.7. The maximum Gasteiger partial charge on any atom is 0.409 e. The molecule has 0 saturated carbocycles. The number of hydrogen-bond donors (Lipinski definition) is 0. The highest BCUT2D eigenvalue weighted by atomic mass is 19.1. The first kappa shape index (κ1) is 23.4. The molecule has 0 spiro atoms. The van der Waals surface area contributed by atoms with E-state index in [1.165, 1.54) is 13.2 Å². The summed E-state index contributed by atoms with van der Waals surface area (Å²) in [5, 5.41) is 0. The fourth-order valence-electron chi connectivity index (χ4n) is 3.61. The zero-order chi connectivity index (χ0) is 22.1. The first-order valence-corrected chi connectivity index (χ1v) is 10.3. The highest BCUT2D eigenvalue weighted by Crippen LogP contribution is 2.30. The molecule has 30 heavy (non-hydrogen) atoms. The van der Waals surface area contributed by atoms with Gasteiger partial charge < -0.3 is 14.5 Å². The number of carbonyl (C=O) groups is 1. The Morgan fingerprint density at radius 3 is 2.37 bits per heavy atom. The molecule has 5 nitrogen and oxygen atoms in total. The second-order valence-corrected chi connectivity index (χ2v) is 7.09. The fourth-order valence-corrected chi connectivity index (χ4v) is 3.61. The van der Waals surface area contributed by atoms with Crippen LogP contribution in [-0.4, -0.2) is 54.9 Å². The van der Waals surface area contributed by atoms with Crippen molar-refractivity contribution in [3.8, 4) is 0 Å². The predicted octanol–water partition coefficient (Wildman–Crippen LogP) is 5.27. The summed E-state index contributed by atoms with van der Waals surface area (Å²) in [6.07, 6.45) is 6.31. The summed E-state index contributed by atoms with van der Waals surface area (Å²) in [6.45, 7) is 10.5. The van der Waals surface area contributed by atoms with Gasteiger partial charge in [0.2, 0.25) is 0 Å². The van der Waals surface area contributed by atoms with E-state index in [0.717, 1.165) is 29.0 Å². The SMILES string of the molecule is C\C=C(C(/C(C)=N/C=C/CC)=C(/C)N1CCN(C(=O)OC)CC1)\c1ccccc1F. The Labute approximate surface area is 179 Å². The minimum absolute atomic E-state index is 0.261. The third-order valence-electron chi connectivity index (χ3n) is 5.24. The fraction of sp³-hybridized carbons (Fsp3) is 0.417. The summed E-state index contributed by atoms with van der Waals surface area (Å²) in [7, 11) is 1.40. The van der Waals surface area contributed by atoms with Crippen LogP contribution < -0.4 is 0 Å². The standard InChI is InChI=1S/C24H32FN3O2/c1-6-8-13-26-18(3)23(20(7-2)21-11-9-10-12-22(21)25)19(4)27-14-16-28(17-15-27)24(29)30-5/h7-13H,6,14-17H2,1-5H3/b13-8+,20-7-,23-19-,26-18+. The van der Waals surface area contributed by atoms with Gasteiger partial charge in [0.05, 0.1) is 7.11 Å². The van der Waals surface area contributed by atoms with Gasteiger partial charge >= 0.3 is 6.09 Å². The second-order valence-electron chi connectivity index (χ2n) is 7.09. The minimum atomic E-state index is -0.306. The molecule has 162 valence electrons. The molecular formula is C24H32FN3O2. The van der Waals surface area contributed by atoms with E-state index in [9.17, 15) is 9.18 Å². The van der Waals surface area contributed by atoms with Crippen LogP contribution in [0.2, 0.25) is 0 Å². The summed E-state index contributed by atoms with van der Waals surface area (Å²) in [4.78, 5) is 20.3. The molecule has 1 aliphatic heterocycles. The molecule has 0 radical (unpaired) electrons. The molecule has 1 aliphatic rings. The van der Waals surface area contributed by atoms with E-state index < -0.39 is 0 Å². The van der Waals surface area contributed by atoms with Crippen LogP contribution in [0.25, 0.3) is 5.57 Å². The summed E-state index contributed by atoms with van der Waals surface area (Å²) in [6, 6.07) is 6.81. The van der Waals surface area contributed by atoms with Crippen molar-refractivity contribution in [3.63, 3.8) is 0 Å². The van der Waals surface area contributed by atoms with Crippen molar-refractivity contribution >= 4 is 17.4 Å². The summed E-state index contributed by atoms with van der Waals surface area (Å²) in [5.74, 6) is -0.261. The van der Waals surface area contributed by atoms with Crippen molar-refractivity contribution in [2.24, 2.45) is 4.99 Å². The highest BCUT2D eigenvalue weighted by Gasteiger charge is 2.25. The molecular weight excluding hydrogens is 381 g/mol. The number of rotatable bonds is 6. The molecule has 0 bridgehead atoms. The van der Waals surface area contributed by atoms with E-state index in [0.29, 0.717) is 31.7 Å². The van der Waals surface area contributed by atoms with Crippen molar-refractivity contribution in [1.29, 1.82) is 0 Å². The highest BCUT2D eigenvalue weighted by molar-refractivity contribution is 6.12. The summed E-state index contributed by atoms with van der Waals surface area (Å²) in [5.41, 5.74) is 4.12. The van der Waals surface area contributed by atoms with Crippen LogP contribution in [0.4, 0.5) is 9.18 Å². The van der Waals surface area contributed by atoms with Gasteiger partial charge in [-0.1, -0.05) is 37.3 Å². The Morgan fingerprint density at radius 2 is 1.80 bits per heavy atom. The molecule has 1 saturated heterocycles. The number of carbonyl (C=O) groups excluding carboxylic acids is 1.